The molecule has 0 aromatic heterocycles. The number of anilines is 1. The molecular formula is C23H28N2O4. The fourth-order valence-corrected chi connectivity index (χ4v) is 3.55. The number of piperazine rings is 1. The van der Waals surface area contributed by atoms with E-state index in [1.165, 1.54) is 0 Å². The summed E-state index contributed by atoms with van der Waals surface area (Å²) in [6, 6.07) is 13.6. The van der Waals surface area contributed by atoms with Crippen molar-refractivity contribution in [3.8, 4) is 17.2 Å². The molecule has 0 radical (unpaired) electrons. The highest BCUT2D eigenvalue weighted by molar-refractivity contribution is 5.97. The number of para-hydroxylation sites is 2. The van der Waals surface area contributed by atoms with E-state index in [-0.39, 0.29) is 5.91 Å². The Morgan fingerprint density at radius 2 is 1.52 bits per heavy atom. The molecule has 154 valence electrons. The number of carbonyl (C=O) groups excluding carboxylic acids is 1. The van der Waals surface area contributed by atoms with Gasteiger partial charge in [0.1, 0.15) is 5.75 Å². The van der Waals surface area contributed by atoms with Crippen LogP contribution in [0.3, 0.4) is 0 Å². The first-order chi connectivity index (χ1) is 14.1. The van der Waals surface area contributed by atoms with Crippen molar-refractivity contribution in [2.45, 2.75) is 6.92 Å². The Hall–Kier alpha value is -3.15. The first-order valence-corrected chi connectivity index (χ1v) is 9.65. The van der Waals surface area contributed by atoms with Crippen LogP contribution in [0.1, 0.15) is 12.5 Å². The molecule has 0 N–H and O–H groups in total. The predicted octanol–water partition coefficient (Wildman–Crippen LogP) is 3.46. The summed E-state index contributed by atoms with van der Waals surface area (Å²) in [5, 5.41) is 0. The topological polar surface area (TPSA) is 51.2 Å². The third kappa shape index (κ3) is 4.65. The van der Waals surface area contributed by atoms with E-state index in [0.717, 1.165) is 30.1 Å². The van der Waals surface area contributed by atoms with Crippen LogP contribution in [-0.4, -0.2) is 58.3 Å². The van der Waals surface area contributed by atoms with Crippen LogP contribution in [0.5, 0.6) is 17.2 Å². The largest absolute Gasteiger partial charge is 0.495 e. The van der Waals surface area contributed by atoms with Gasteiger partial charge >= 0.3 is 0 Å². The molecule has 0 unspecified atom stereocenters. The van der Waals surface area contributed by atoms with Gasteiger partial charge in [-0.25, -0.2) is 0 Å². The average molecular weight is 396 g/mol. The van der Waals surface area contributed by atoms with Crippen LogP contribution < -0.4 is 19.1 Å². The lowest BCUT2D eigenvalue weighted by molar-refractivity contribution is -0.127. The number of nitrogens with zero attached hydrogens (tertiary/aromatic N) is 2. The SMILES string of the molecule is COc1ccc(/C=C(\C)C(=O)N2CCN(c3ccccc3OC)CC2)cc1OC. The van der Waals surface area contributed by atoms with Gasteiger partial charge in [0, 0.05) is 31.8 Å². The monoisotopic (exact) mass is 396 g/mol. The van der Waals surface area contributed by atoms with Crippen LogP contribution in [0.4, 0.5) is 5.69 Å². The molecule has 29 heavy (non-hydrogen) atoms. The van der Waals surface area contributed by atoms with E-state index in [4.69, 9.17) is 14.2 Å². The molecule has 1 heterocycles. The van der Waals surface area contributed by atoms with Crippen molar-refractivity contribution in [3.05, 3.63) is 53.6 Å². The first kappa shape index (κ1) is 20.6. The summed E-state index contributed by atoms with van der Waals surface area (Å²) in [4.78, 5) is 17.1. The number of methoxy groups -OCH3 is 3. The Kier molecular flexibility index (Phi) is 6.65. The number of amides is 1. The predicted molar refractivity (Wildman–Crippen MR) is 115 cm³/mol. The first-order valence-electron chi connectivity index (χ1n) is 9.65. The summed E-state index contributed by atoms with van der Waals surface area (Å²) in [5.74, 6) is 2.23. The number of ether oxygens (including phenoxy) is 3. The minimum atomic E-state index is 0.0551. The highest BCUT2D eigenvalue weighted by atomic mass is 16.5. The van der Waals surface area contributed by atoms with E-state index in [0.29, 0.717) is 30.2 Å². The van der Waals surface area contributed by atoms with E-state index < -0.39 is 0 Å². The van der Waals surface area contributed by atoms with Crippen molar-refractivity contribution in [1.82, 2.24) is 4.90 Å². The molecular weight excluding hydrogens is 368 g/mol. The molecule has 0 saturated carbocycles. The summed E-state index contributed by atoms with van der Waals surface area (Å²) in [5.41, 5.74) is 2.67. The maximum Gasteiger partial charge on any atom is 0.249 e. The van der Waals surface area contributed by atoms with Crippen LogP contribution in [0, 0.1) is 0 Å². The van der Waals surface area contributed by atoms with Crippen molar-refractivity contribution >= 4 is 17.7 Å². The molecule has 1 amide bonds. The Labute approximate surface area is 172 Å². The highest BCUT2D eigenvalue weighted by Crippen LogP contribution is 2.30. The molecule has 6 heteroatoms. The Balaban J connectivity index is 1.66. The van der Waals surface area contributed by atoms with Gasteiger partial charge in [-0.3, -0.25) is 4.79 Å². The van der Waals surface area contributed by atoms with Gasteiger partial charge in [-0.2, -0.15) is 0 Å². The third-order valence-electron chi connectivity index (χ3n) is 5.12. The lowest BCUT2D eigenvalue weighted by atomic mass is 10.1. The van der Waals surface area contributed by atoms with Gasteiger partial charge in [-0.1, -0.05) is 18.2 Å². The Bertz CT molecular complexity index is 886. The molecule has 0 spiro atoms. The van der Waals surface area contributed by atoms with Crippen LogP contribution in [0.15, 0.2) is 48.0 Å². The second kappa shape index (κ2) is 9.37. The number of hydrogen-bond acceptors (Lipinski definition) is 5. The smallest absolute Gasteiger partial charge is 0.249 e. The molecule has 0 bridgehead atoms. The van der Waals surface area contributed by atoms with Gasteiger partial charge in [0.15, 0.2) is 11.5 Å². The van der Waals surface area contributed by atoms with Gasteiger partial charge in [-0.05, 0) is 42.8 Å². The zero-order chi connectivity index (χ0) is 20.8. The fourth-order valence-electron chi connectivity index (χ4n) is 3.55. The third-order valence-corrected chi connectivity index (χ3v) is 5.12. The maximum atomic E-state index is 12.9. The lowest BCUT2D eigenvalue weighted by Crippen LogP contribution is -2.49. The summed E-state index contributed by atoms with van der Waals surface area (Å²) in [6.45, 7) is 4.75. The number of hydrogen-bond donors (Lipinski definition) is 0. The summed E-state index contributed by atoms with van der Waals surface area (Å²) in [7, 11) is 4.89. The van der Waals surface area contributed by atoms with E-state index in [2.05, 4.69) is 11.0 Å². The van der Waals surface area contributed by atoms with E-state index in [9.17, 15) is 4.79 Å². The van der Waals surface area contributed by atoms with Gasteiger partial charge in [0.05, 0.1) is 27.0 Å². The second-order valence-electron chi connectivity index (χ2n) is 6.89. The molecule has 1 saturated heterocycles. The van der Waals surface area contributed by atoms with Gasteiger partial charge in [0.25, 0.3) is 0 Å². The standard InChI is InChI=1S/C23H28N2O4/c1-17(15-18-9-10-21(28-3)22(16-18)29-4)23(26)25-13-11-24(12-14-25)19-7-5-6-8-20(19)27-2/h5-10,15-16H,11-14H2,1-4H3/b17-15+. The number of carbonyl (C=O) groups is 1. The van der Waals surface area contributed by atoms with Crippen molar-refractivity contribution < 1.29 is 19.0 Å². The van der Waals surface area contributed by atoms with Gasteiger partial charge in [-0.15, -0.1) is 0 Å². The molecule has 0 aliphatic carbocycles. The van der Waals surface area contributed by atoms with E-state index >= 15 is 0 Å². The Morgan fingerprint density at radius 1 is 0.862 bits per heavy atom. The van der Waals surface area contributed by atoms with E-state index in [1.54, 1.807) is 21.3 Å². The second-order valence-corrected chi connectivity index (χ2v) is 6.89. The van der Waals surface area contributed by atoms with Crippen molar-refractivity contribution in [3.63, 3.8) is 0 Å². The lowest BCUT2D eigenvalue weighted by Gasteiger charge is -2.36. The number of rotatable bonds is 6. The van der Waals surface area contributed by atoms with Crippen LogP contribution in [-0.2, 0) is 4.79 Å². The van der Waals surface area contributed by atoms with Gasteiger partial charge < -0.3 is 24.0 Å². The fraction of sp³-hybridized carbons (Fsp3) is 0.348. The number of benzene rings is 2. The molecule has 0 atom stereocenters. The van der Waals surface area contributed by atoms with Crippen molar-refractivity contribution in [1.29, 1.82) is 0 Å². The molecule has 3 rings (SSSR count). The normalized spacial score (nSPS) is 14.6. The summed E-state index contributed by atoms with van der Waals surface area (Å²) >= 11 is 0. The summed E-state index contributed by atoms with van der Waals surface area (Å²) < 4.78 is 16.1. The van der Waals surface area contributed by atoms with Crippen molar-refractivity contribution in [2.24, 2.45) is 0 Å². The molecule has 1 fully saturated rings. The highest BCUT2D eigenvalue weighted by Gasteiger charge is 2.23. The molecule has 2 aromatic carbocycles. The minimum Gasteiger partial charge on any atom is -0.495 e. The van der Waals surface area contributed by atoms with E-state index in [1.807, 2.05) is 54.3 Å². The minimum absolute atomic E-state index is 0.0551. The Morgan fingerprint density at radius 3 is 2.17 bits per heavy atom. The van der Waals surface area contributed by atoms with Crippen LogP contribution in [0.2, 0.25) is 0 Å². The van der Waals surface area contributed by atoms with Crippen LogP contribution >= 0.6 is 0 Å². The average Bonchev–Trinajstić information content (AvgIpc) is 2.78. The quantitative estimate of drug-likeness (QED) is 0.700. The molecule has 1 aliphatic heterocycles. The zero-order valence-electron chi connectivity index (χ0n) is 17.5. The zero-order valence-corrected chi connectivity index (χ0v) is 17.5. The van der Waals surface area contributed by atoms with Crippen LogP contribution in [0.25, 0.3) is 6.08 Å². The van der Waals surface area contributed by atoms with Crippen molar-refractivity contribution in [2.75, 3.05) is 52.4 Å². The molecule has 2 aromatic rings. The maximum absolute atomic E-state index is 12.9. The van der Waals surface area contributed by atoms with Gasteiger partial charge in [0.2, 0.25) is 5.91 Å². The molecule has 1 aliphatic rings. The molecule has 6 nitrogen and oxygen atoms in total. The summed E-state index contributed by atoms with van der Waals surface area (Å²) in [6.07, 6.45) is 1.89.